The van der Waals surface area contributed by atoms with E-state index in [1.807, 2.05) is 51.1 Å². The Hall–Kier alpha value is -3.37. The lowest BCUT2D eigenvalue weighted by atomic mass is 10.1. The van der Waals surface area contributed by atoms with E-state index in [0.717, 1.165) is 14.3 Å². The third-order valence-electron chi connectivity index (χ3n) is 6.16. The van der Waals surface area contributed by atoms with Crippen molar-refractivity contribution in [3.63, 3.8) is 0 Å². The van der Waals surface area contributed by atoms with Crippen LogP contribution in [0.5, 0.6) is 5.75 Å². The molecule has 0 aliphatic carbocycles. The standard InChI is InChI=1S/C30H36BrN3O5S/c1-5-39-27-15-13-26(14-16-27)34(40(37,38)28-17-11-25(31)12-18-28)21-29(35)33(20-24-9-7-6-8-10-24)23(4)30(36)32-19-22(2)3/h6-18,22-23H,5,19-21H2,1-4H3,(H,32,36)/t23-/m1/s1. The number of hydrogen-bond donors (Lipinski definition) is 1. The maximum absolute atomic E-state index is 13.9. The molecule has 1 atom stereocenters. The van der Waals surface area contributed by atoms with E-state index in [4.69, 9.17) is 4.74 Å². The molecule has 0 aliphatic rings. The van der Waals surface area contributed by atoms with Gasteiger partial charge in [0.05, 0.1) is 17.2 Å². The van der Waals surface area contributed by atoms with Crippen LogP contribution in [0.3, 0.4) is 0 Å². The van der Waals surface area contributed by atoms with Crippen LogP contribution in [-0.4, -0.2) is 50.9 Å². The average molecular weight is 631 g/mol. The smallest absolute Gasteiger partial charge is 0.264 e. The van der Waals surface area contributed by atoms with Gasteiger partial charge in [-0.3, -0.25) is 13.9 Å². The van der Waals surface area contributed by atoms with Gasteiger partial charge in [0.1, 0.15) is 18.3 Å². The number of sulfonamides is 1. The van der Waals surface area contributed by atoms with Gasteiger partial charge in [0.25, 0.3) is 10.0 Å². The normalized spacial score (nSPS) is 12.1. The van der Waals surface area contributed by atoms with Gasteiger partial charge >= 0.3 is 0 Å². The van der Waals surface area contributed by atoms with Crippen molar-refractivity contribution < 1.29 is 22.7 Å². The van der Waals surface area contributed by atoms with E-state index < -0.39 is 28.5 Å². The molecule has 3 rings (SSSR count). The minimum absolute atomic E-state index is 0.0368. The summed E-state index contributed by atoms with van der Waals surface area (Å²) in [5.41, 5.74) is 1.12. The van der Waals surface area contributed by atoms with Gasteiger partial charge in [0.15, 0.2) is 0 Å². The van der Waals surface area contributed by atoms with Crippen LogP contribution in [0.4, 0.5) is 5.69 Å². The molecule has 0 aliphatic heterocycles. The Morgan fingerprint density at radius 1 is 0.925 bits per heavy atom. The molecular weight excluding hydrogens is 594 g/mol. The second-order valence-corrected chi connectivity index (χ2v) is 12.5. The summed E-state index contributed by atoms with van der Waals surface area (Å²) in [5.74, 6) is 0.00679. The summed E-state index contributed by atoms with van der Waals surface area (Å²) >= 11 is 3.34. The monoisotopic (exact) mass is 629 g/mol. The van der Waals surface area contributed by atoms with Gasteiger partial charge in [-0.15, -0.1) is 0 Å². The molecule has 0 unspecified atom stereocenters. The molecular formula is C30H36BrN3O5S. The quantitative estimate of drug-likeness (QED) is 0.279. The van der Waals surface area contributed by atoms with Crippen molar-refractivity contribution in [2.75, 3.05) is 24.0 Å². The second kappa shape index (κ2) is 14.3. The van der Waals surface area contributed by atoms with Crippen molar-refractivity contribution in [3.05, 3.63) is 88.9 Å². The van der Waals surface area contributed by atoms with Crippen molar-refractivity contribution in [3.8, 4) is 5.75 Å². The van der Waals surface area contributed by atoms with Crippen LogP contribution in [0.2, 0.25) is 0 Å². The van der Waals surface area contributed by atoms with Crippen molar-refractivity contribution in [1.82, 2.24) is 10.2 Å². The van der Waals surface area contributed by atoms with Crippen LogP contribution in [0.15, 0.2) is 88.2 Å². The van der Waals surface area contributed by atoms with E-state index in [0.29, 0.717) is 24.6 Å². The van der Waals surface area contributed by atoms with Gasteiger partial charge in [-0.1, -0.05) is 60.1 Å². The number of carbonyl (C=O) groups excluding carboxylic acids is 2. The number of anilines is 1. The van der Waals surface area contributed by atoms with E-state index in [9.17, 15) is 18.0 Å². The molecule has 0 fully saturated rings. The largest absolute Gasteiger partial charge is 0.494 e. The maximum Gasteiger partial charge on any atom is 0.264 e. The average Bonchev–Trinajstić information content (AvgIpc) is 2.94. The van der Waals surface area contributed by atoms with Crippen LogP contribution in [0.1, 0.15) is 33.3 Å². The highest BCUT2D eigenvalue weighted by Crippen LogP contribution is 2.27. The Balaban J connectivity index is 2.00. The molecule has 10 heteroatoms. The lowest BCUT2D eigenvalue weighted by molar-refractivity contribution is -0.139. The third-order valence-corrected chi connectivity index (χ3v) is 8.48. The summed E-state index contributed by atoms with van der Waals surface area (Å²) in [5, 5.41) is 2.88. The van der Waals surface area contributed by atoms with Crippen LogP contribution in [0, 0.1) is 5.92 Å². The number of hydrogen-bond acceptors (Lipinski definition) is 5. The SMILES string of the molecule is CCOc1ccc(N(CC(=O)N(Cc2ccccc2)[C@H](C)C(=O)NCC(C)C)S(=O)(=O)c2ccc(Br)cc2)cc1. The first-order valence-electron chi connectivity index (χ1n) is 13.1. The molecule has 40 heavy (non-hydrogen) atoms. The predicted octanol–water partition coefficient (Wildman–Crippen LogP) is 5.23. The molecule has 0 heterocycles. The fourth-order valence-electron chi connectivity index (χ4n) is 3.95. The number of amides is 2. The maximum atomic E-state index is 13.9. The van der Waals surface area contributed by atoms with E-state index in [1.54, 1.807) is 43.3 Å². The Kier molecular flexibility index (Phi) is 11.2. The van der Waals surface area contributed by atoms with Gasteiger partial charge in [0, 0.05) is 17.6 Å². The Morgan fingerprint density at radius 2 is 1.55 bits per heavy atom. The first-order chi connectivity index (χ1) is 19.0. The number of nitrogens with one attached hydrogen (secondary N) is 1. The van der Waals surface area contributed by atoms with Crippen molar-refractivity contribution in [1.29, 1.82) is 0 Å². The van der Waals surface area contributed by atoms with Crippen LogP contribution in [0.25, 0.3) is 0 Å². The Morgan fingerprint density at radius 3 is 2.12 bits per heavy atom. The minimum atomic E-state index is -4.14. The van der Waals surface area contributed by atoms with E-state index in [2.05, 4.69) is 21.2 Å². The summed E-state index contributed by atoms with van der Waals surface area (Å²) in [7, 11) is -4.14. The van der Waals surface area contributed by atoms with Gasteiger partial charge in [0.2, 0.25) is 11.8 Å². The van der Waals surface area contributed by atoms with Gasteiger partial charge in [-0.05, 0) is 73.9 Å². The highest BCUT2D eigenvalue weighted by Gasteiger charge is 2.32. The summed E-state index contributed by atoms with van der Waals surface area (Å²) in [6.45, 7) is 8.06. The molecule has 8 nitrogen and oxygen atoms in total. The van der Waals surface area contributed by atoms with Gasteiger partial charge in [-0.25, -0.2) is 8.42 Å². The third kappa shape index (κ3) is 8.32. The molecule has 0 spiro atoms. The first-order valence-corrected chi connectivity index (χ1v) is 15.4. The fraction of sp³-hybridized carbons (Fsp3) is 0.333. The minimum Gasteiger partial charge on any atom is -0.494 e. The van der Waals surface area contributed by atoms with E-state index in [1.165, 1.54) is 17.0 Å². The fourth-order valence-corrected chi connectivity index (χ4v) is 5.63. The van der Waals surface area contributed by atoms with E-state index >= 15 is 0 Å². The number of carbonyl (C=O) groups is 2. The van der Waals surface area contributed by atoms with Crippen molar-refractivity contribution in [2.24, 2.45) is 5.92 Å². The number of benzene rings is 3. The first kappa shape index (κ1) is 31.2. The number of ether oxygens (including phenoxy) is 1. The van der Waals surface area contributed by atoms with Gasteiger partial charge in [-0.2, -0.15) is 0 Å². The highest BCUT2D eigenvalue weighted by molar-refractivity contribution is 9.10. The molecule has 0 saturated heterocycles. The molecule has 214 valence electrons. The van der Waals surface area contributed by atoms with Crippen LogP contribution < -0.4 is 14.4 Å². The zero-order chi connectivity index (χ0) is 29.3. The Labute approximate surface area is 245 Å². The predicted molar refractivity (Wildman–Crippen MR) is 161 cm³/mol. The summed E-state index contributed by atoms with van der Waals surface area (Å²) in [6.07, 6.45) is 0. The molecule has 1 N–H and O–H groups in total. The molecule has 0 bridgehead atoms. The number of halogens is 1. The molecule has 2 amide bonds. The lowest BCUT2D eigenvalue weighted by Gasteiger charge is -2.32. The van der Waals surface area contributed by atoms with Gasteiger partial charge < -0.3 is 15.0 Å². The Bertz CT molecular complexity index is 1360. The summed E-state index contributed by atoms with van der Waals surface area (Å²) in [6, 6.07) is 21.2. The molecule has 0 aromatic heterocycles. The topological polar surface area (TPSA) is 96.0 Å². The zero-order valence-corrected chi connectivity index (χ0v) is 25.6. The molecule has 0 saturated carbocycles. The van der Waals surface area contributed by atoms with Crippen molar-refractivity contribution in [2.45, 2.75) is 45.2 Å². The van der Waals surface area contributed by atoms with E-state index in [-0.39, 0.29) is 23.3 Å². The summed E-state index contributed by atoms with van der Waals surface area (Å²) in [4.78, 5) is 28.4. The van der Waals surface area contributed by atoms with Crippen molar-refractivity contribution >= 4 is 43.5 Å². The molecule has 0 radical (unpaired) electrons. The van der Waals surface area contributed by atoms with Crippen LogP contribution >= 0.6 is 15.9 Å². The number of rotatable bonds is 13. The second-order valence-electron chi connectivity index (χ2n) is 9.71. The highest BCUT2D eigenvalue weighted by atomic mass is 79.9. The molecule has 3 aromatic carbocycles. The summed E-state index contributed by atoms with van der Waals surface area (Å²) < 4.78 is 35.1. The lowest BCUT2D eigenvalue weighted by Crippen LogP contribution is -2.51. The van der Waals surface area contributed by atoms with Crippen LogP contribution in [-0.2, 0) is 26.2 Å². The zero-order valence-electron chi connectivity index (χ0n) is 23.2. The molecule has 3 aromatic rings. The number of nitrogens with zero attached hydrogens (tertiary/aromatic N) is 2.